The van der Waals surface area contributed by atoms with Crippen molar-refractivity contribution in [1.82, 2.24) is 4.98 Å². The third-order valence-corrected chi connectivity index (χ3v) is 3.92. The molecule has 0 saturated heterocycles. The molecule has 0 unspecified atom stereocenters. The number of pyridine rings is 1. The first-order valence-corrected chi connectivity index (χ1v) is 8.43. The number of carbonyl (C=O) groups excluding carboxylic acids is 1. The lowest BCUT2D eigenvalue weighted by Gasteiger charge is -2.09. The molecule has 1 amide bonds. The number of amides is 1. The summed E-state index contributed by atoms with van der Waals surface area (Å²) in [6.07, 6.45) is 1.61. The lowest BCUT2D eigenvalue weighted by molar-refractivity contribution is 0.102. The second-order valence-electron chi connectivity index (χ2n) is 5.40. The van der Waals surface area contributed by atoms with Crippen LogP contribution in [0.1, 0.15) is 10.4 Å². The summed E-state index contributed by atoms with van der Waals surface area (Å²) in [5, 5.41) is 6.97. The Hall–Kier alpha value is -2.76. The first-order valence-electron chi connectivity index (χ1n) is 7.68. The van der Waals surface area contributed by atoms with Gasteiger partial charge in [0.2, 0.25) is 0 Å². The maximum atomic E-state index is 12.3. The van der Waals surface area contributed by atoms with Crippen LogP contribution in [0.5, 0.6) is 5.75 Å². The summed E-state index contributed by atoms with van der Waals surface area (Å²) in [7, 11) is 1.55. The van der Waals surface area contributed by atoms with Gasteiger partial charge in [0.05, 0.1) is 19.0 Å². The van der Waals surface area contributed by atoms with Gasteiger partial charge in [-0.1, -0.05) is 29.3 Å². The topological polar surface area (TPSA) is 63.2 Å². The van der Waals surface area contributed by atoms with Crippen molar-refractivity contribution < 1.29 is 9.53 Å². The third-order valence-electron chi connectivity index (χ3n) is 3.49. The molecule has 5 nitrogen and oxygen atoms in total. The van der Waals surface area contributed by atoms with Crippen molar-refractivity contribution in [3.63, 3.8) is 0 Å². The average Bonchev–Trinajstić information content (AvgIpc) is 2.62. The Balaban J connectivity index is 1.68. The molecule has 0 aliphatic rings. The molecule has 3 rings (SSSR count). The number of benzene rings is 2. The van der Waals surface area contributed by atoms with E-state index in [-0.39, 0.29) is 5.91 Å². The smallest absolute Gasteiger partial charge is 0.256 e. The number of hydrogen-bond acceptors (Lipinski definition) is 4. The van der Waals surface area contributed by atoms with Crippen LogP contribution >= 0.6 is 23.2 Å². The highest BCUT2D eigenvalue weighted by Crippen LogP contribution is 2.25. The van der Waals surface area contributed by atoms with E-state index in [0.717, 1.165) is 11.4 Å². The molecule has 0 fully saturated rings. The van der Waals surface area contributed by atoms with Gasteiger partial charge in [0.1, 0.15) is 11.6 Å². The van der Waals surface area contributed by atoms with Gasteiger partial charge in [-0.3, -0.25) is 4.79 Å². The Bertz CT molecular complexity index is 910. The van der Waals surface area contributed by atoms with E-state index in [4.69, 9.17) is 27.9 Å². The molecular weight excluding hydrogens is 373 g/mol. The third kappa shape index (κ3) is 4.65. The molecule has 7 heteroatoms. The summed E-state index contributed by atoms with van der Waals surface area (Å²) >= 11 is 12.0. The fraction of sp³-hybridized carbons (Fsp3) is 0.0526. The van der Waals surface area contributed by atoms with Crippen LogP contribution < -0.4 is 15.4 Å². The van der Waals surface area contributed by atoms with Crippen LogP contribution in [0.15, 0.2) is 60.8 Å². The fourth-order valence-corrected chi connectivity index (χ4v) is 2.81. The second-order valence-corrected chi connectivity index (χ2v) is 6.27. The van der Waals surface area contributed by atoms with E-state index < -0.39 is 0 Å². The first kappa shape index (κ1) is 18.0. The zero-order valence-corrected chi connectivity index (χ0v) is 15.3. The number of aromatic nitrogens is 1. The van der Waals surface area contributed by atoms with Crippen molar-refractivity contribution in [1.29, 1.82) is 0 Å². The van der Waals surface area contributed by atoms with Crippen LogP contribution in [0.3, 0.4) is 0 Å². The van der Waals surface area contributed by atoms with Crippen molar-refractivity contribution in [3.8, 4) is 5.75 Å². The predicted molar refractivity (Wildman–Crippen MR) is 105 cm³/mol. The van der Waals surface area contributed by atoms with E-state index in [1.807, 2.05) is 0 Å². The average molecular weight is 388 g/mol. The van der Waals surface area contributed by atoms with E-state index in [9.17, 15) is 4.79 Å². The maximum absolute atomic E-state index is 12.3. The molecule has 0 atom stereocenters. The number of anilines is 3. The van der Waals surface area contributed by atoms with E-state index >= 15 is 0 Å². The van der Waals surface area contributed by atoms with Gasteiger partial charge in [-0.25, -0.2) is 4.98 Å². The summed E-state index contributed by atoms with van der Waals surface area (Å²) in [4.78, 5) is 16.5. The summed E-state index contributed by atoms with van der Waals surface area (Å²) in [6.45, 7) is 0. The van der Waals surface area contributed by atoms with E-state index in [1.165, 1.54) is 0 Å². The molecule has 0 aliphatic heterocycles. The number of halogens is 2. The number of ether oxygens (including phenoxy) is 1. The van der Waals surface area contributed by atoms with Gasteiger partial charge in [0.15, 0.2) is 0 Å². The molecule has 0 spiro atoms. The van der Waals surface area contributed by atoms with Gasteiger partial charge in [0.25, 0.3) is 5.91 Å². The first-order chi connectivity index (χ1) is 12.5. The van der Waals surface area contributed by atoms with Gasteiger partial charge in [-0.2, -0.15) is 0 Å². The molecule has 3 aromatic rings. The van der Waals surface area contributed by atoms with E-state index in [0.29, 0.717) is 27.2 Å². The predicted octanol–water partition coefficient (Wildman–Crippen LogP) is 5.39. The SMILES string of the molecule is COc1cccc(C(=O)Nc2ccc(Nc3cc(Cl)cc(Cl)c3)cn2)c1. The Morgan fingerprint density at radius 1 is 1.00 bits per heavy atom. The highest BCUT2D eigenvalue weighted by atomic mass is 35.5. The van der Waals surface area contributed by atoms with Gasteiger partial charge in [-0.15, -0.1) is 0 Å². The van der Waals surface area contributed by atoms with Crippen molar-refractivity contribution in [2.75, 3.05) is 17.7 Å². The number of hydrogen-bond donors (Lipinski definition) is 2. The van der Waals surface area contributed by atoms with E-state index in [2.05, 4.69) is 15.6 Å². The van der Waals surface area contributed by atoms with Crippen LogP contribution in [0.2, 0.25) is 10.0 Å². The lowest BCUT2D eigenvalue weighted by atomic mass is 10.2. The molecular formula is C19H15Cl2N3O2. The molecule has 0 saturated carbocycles. The summed E-state index contributed by atoms with van der Waals surface area (Å²) < 4.78 is 5.12. The minimum atomic E-state index is -0.265. The monoisotopic (exact) mass is 387 g/mol. The largest absolute Gasteiger partial charge is 0.497 e. The molecule has 0 bridgehead atoms. The maximum Gasteiger partial charge on any atom is 0.256 e. The Kier molecular flexibility index (Phi) is 5.61. The summed E-state index contributed by atoms with van der Waals surface area (Å²) in [6, 6.07) is 15.6. The van der Waals surface area contributed by atoms with Gasteiger partial charge in [-0.05, 0) is 48.5 Å². The Labute approximate surface area is 160 Å². The molecule has 2 N–H and O–H groups in total. The van der Waals surface area contributed by atoms with Gasteiger partial charge < -0.3 is 15.4 Å². The number of carbonyl (C=O) groups is 1. The number of methoxy groups -OCH3 is 1. The van der Waals surface area contributed by atoms with Crippen LogP contribution in [-0.4, -0.2) is 18.0 Å². The van der Waals surface area contributed by atoms with Crippen molar-refractivity contribution in [2.24, 2.45) is 0 Å². The van der Waals surface area contributed by atoms with Gasteiger partial charge in [0, 0.05) is 21.3 Å². The minimum Gasteiger partial charge on any atom is -0.497 e. The second kappa shape index (κ2) is 8.08. The Morgan fingerprint density at radius 2 is 1.77 bits per heavy atom. The van der Waals surface area contributed by atoms with Crippen LogP contribution in [0.4, 0.5) is 17.2 Å². The highest BCUT2D eigenvalue weighted by molar-refractivity contribution is 6.35. The molecule has 2 aromatic carbocycles. The van der Waals surface area contributed by atoms with Crippen LogP contribution in [0, 0.1) is 0 Å². The molecule has 1 heterocycles. The lowest BCUT2D eigenvalue weighted by Crippen LogP contribution is -2.12. The minimum absolute atomic E-state index is 0.265. The van der Waals surface area contributed by atoms with E-state index in [1.54, 1.807) is 67.9 Å². The quantitative estimate of drug-likeness (QED) is 0.615. The number of nitrogens with zero attached hydrogens (tertiary/aromatic N) is 1. The molecule has 0 aliphatic carbocycles. The molecule has 132 valence electrons. The molecule has 1 aromatic heterocycles. The zero-order chi connectivity index (χ0) is 18.5. The van der Waals surface area contributed by atoms with Gasteiger partial charge >= 0.3 is 0 Å². The Morgan fingerprint density at radius 3 is 2.42 bits per heavy atom. The standard InChI is InChI=1S/C19H15Cl2N3O2/c1-26-17-4-2-3-12(7-17)19(25)24-18-6-5-15(11-22-18)23-16-9-13(20)8-14(21)10-16/h2-11,23H,1H3,(H,22,24,25). The number of rotatable bonds is 5. The zero-order valence-electron chi connectivity index (χ0n) is 13.8. The fourth-order valence-electron chi connectivity index (χ4n) is 2.29. The molecule has 0 radical (unpaired) electrons. The van der Waals surface area contributed by atoms with Crippen LogP contribution in [-0.2, 0) is 0 Å². The summed E-state index contributed by atoms with van der Waals surface area (Å²) in [5.74, 6) is 0.788. The van der Waals surface area contributed by atoms with Crippen molar-refractivity contribution in [2.45, 2.75) is 0 Å². The summed E-state index contributed by atoms with van der Waals surface area (Å²) in [5.41, 5.74) is 1.97. The van der Waals surface area contributed by atoms with Crippen molar-refractivity contribution in [3.05, 3.63) is 76.4 Å². The van der Waals surface area contributed by atoms with Crippen LogP contribution in [0.25, 0.3) is 0 Å². The molecule has 26 heavy (non-hydrogen) atoms. The number of nitrogens with one attached hydrogen (secondary N) is 2. The van der Waals surface area contributed by atoms with Crippen molar-refractivity contribution >= 4 is 46.3 Å². The highest BCUT2D eigenvalue weighted by Gasteiger charge is 2.08. The normalized spacial score (nSPS) is 10.3.